The fourth-order valence-corrected chi connectivity index (χ4v) is 7.44. The van der Waals surface area contributed by atoms with Crippen LogP contribution < -0.4 is 4.90 Å². The molecular weight excluding hydrogens is 604 g/mol. The highest BCUT2D eigenvalue weighted by atomic mass is 16.2. The summed E-state index contributed by atoms with van der Waals surface area (Å²) in [5.74, 6) is -0.728. The van der Waals surface area contributed by atoms with E-state index in [1.165, 1.54) is 4.90 Å². The van der Waals surface area contributed by atoms with Gasteiger partial charge in [0.2, 0.25) is 0 Å². The average molecular weight is 633 g/mol. The van der Waals surface area contributed by atoms with Crippen LogP contribution in [0.1, 0.15) is 43.0 Å². The molecule has 1 aliphatic rings. The lowest BCUT2D eigenvalue weighted by Gasteiger charge is -2.20. The lowest BCUT2D eigenvalue weighted by molar-refractivity contribution is 0.0925. The van der Waals surface area contributed by atoms with Gasteiger partial charge >= 0.3 is 0 Å². The maximum absolute atomic E-state index is 14.6. The summed E-state index contributed by atoms with van der Waals surface area (Å²) in [5, 5.41) is 11.8. The molecule has 0 N–H and O–H groups in total. The number of hydrogen-bond acceptors (Lipinski definition) is 3. The molecule has 1 aliphatic heterocycles. The highest BCUT2D eigenvalue weighted by Crippen LogP contribution is 2.42. The van der Waals surface area contributed by atoms with E-state index >= 15 is 0 Å². The Morgan fingerprint density at radius 1 is 0.653 bits per heavy atom. The first kappa shape index (κ1) is 29.6. The van der Waals surface area contributed by atoms with Gasteiger partial charge in [-0.2, -0.15) is 5.26 Å². The van der Waals surface area contributed by atoms with Gasteiger partial charge in [0.1, 0.15) is 0 Å². The van der Waals surface area contributed by atoms with Gasteiger partial charge in [-0.1, -0.05) is 90.5 Å². The third kappa shape index (κ3) is 4.47. The molecule has 7 aromatic rings. The third-order valence-electron chi connectivity index (χ3n) is 9.45. The van der Waals surface area contributed by atoms with Gasteiger partial charge in [-0.3, -0.25) is 9.59 Å². The van der Waals surface area contributed by atoms with E-state index < -0.39 is 0 Å². The van der Waals surface area contributed by atoms with Crippen LogP contribution in [-0.4, -0.2) is 16.4 Å². The van der Waals surface area contributed by atoms with E-state index in [1.54, 1.807) is 18.2 Å². The number of anilines is 1. The number of amides is 2. The quantitative estimate of drug-likeness (QED) is 0.143. The van der Waals surface area contributed by atoms with E-state index in [0.29, 0.717) is 33.8 Å². The van der Waals surface area contributed by atoms with Gasteiger partial charge in [0.05, 0.1) is 51.7 Å². The SMILES string of the molecule is [C-]#[N+]c1ccccc1-c1ccc2c3ccc(-c4ccccc4C#N)cc3n(-c3cccc4c3C(=O)N(c3c(C)cc(C)cc3C)C4=O)c2c1. The van der Waals surface area contributed by atoms with Crippen LogP contribution in [0.25, 0.3) is 54.6 Å². The fraction of sp³-hybridized carbons (Fsp3) is 0.0698. The molecule has 0 radical (unpaired) electrons. The summed E-state index contributed by atoms with van der Waals surface area (Å²) in [7, 11) is 0. The molecule has 1 aromatic heterocycles. The highest BCUT2D eigenvalue weighted by molar-refractivity contribution is 6.36. The van der Waals surface area contributed by atoms with Gasteiger partial charge in [-0.05, 0) is 84.5 Å². The summed E-state index contributed by atoms with van der Waals surface area (Å²) in [6.07, 6.45) is 0. The van der Waals surface area contributed by atoms with Crippen LogP contribution in [0, 0.1) is 38.7 Å². The van der Waals surface area contributed by atoms with E-state index in [1.807, 2.05) is 106 Å². The topological polar surface area (TPSA) is 70.5 Å². The van der Waals surface area contributed by atoms with E-state index in [0.717, 1.165) is 60.8 Å². The van der Waals surface area contributed by atoms with Crippen molar-refractivity contribution in [3.8, 4) is 34.0 Å². The number of rotatable bonds is 4. The van der Waals surface area contributed by atoms with Crippen LogP contribution in [0.3, 0.4) is 0 Å². The van der Waals surface area contributed by atoms with Gasteiger partial charge in [0.25, 0.3) is 11.8 Å². The Bertz CT molecular complexity index is 2530. The van der Waals surface area contributed by atoms with Crippen LogP contribution in [-0.2, 0) is 0 Å². The molecule has 6 aromatic carbocycles. The van der Waals surface area contributed by atoms with Gasteiger partial charge in [-0.15, -0.1) is 0 Å². The minimum atomic E-state index is -0.374. The van der Waals surface area contributed by atoms with Gasteiger partial charge in [0.15, 0.2) is 5.69 Å². The molecule has 0 unspecified atom stereocenters. The summed E-state index contributed by atoms with van der Waals surface area (Å²) in [5.41, 5.74) is 10.7. The van der Waals surface area contributed by atoms with Crippen molar-refractivity contribution in [1.82, 2.24) is 4.57 Å². The first-order valence-corrected chi connectivity index (χ1v) is 16.0. The number of nitrogens with zero attached hydrogens (tertiary/aromatic N) is 4. The lowest BCUT2D eigenvalue weighted by Crippen LogP contribution is -2.31. The Kier molecular flexibility index (Phi) is 6.77. The van der Waals surface area contributed by atoms with Crippen molar-refractivity contribution in [1.29, 1.82) is 5.26 Å². The number of fused-ring (bicyclic) bond motifs is 4. The second kappa shape index (κ2) is 11.2. The van der Waals surface area contributed by atoms with Crippen LogP contribution in [0.4, 0.5) is 11.4 Å². The van der Waals surface area contributed by atoms with Crippen molar-refractivity contribution in [3.63, 3.8) is 0 Å². The average Bonchev–Trinajstić information content (AvgIpc) is 3.57. The summed E-state index contributed by atoms with van der Waals surface area (Å²) in [6.45, 7) is 13.6. The minimum absolute atomic E-state index is 0.334. The number of aromatic nitrogens is 1. The number of carbonyl (C=O) groups excluding carboxylic acids is 2. The zero-order chi connectivity index (χ0) is 34.0. The Labute approximate surface area is 283 Å². The Balaban J connectivity index is 1.44. The van der Waals surface area contributed by atoms with Crippen molar-refractivity contribution in [2.24, 2.45) is 0 Å². The van der Waals surface area contributed by atoms with Gasteiger partial charge in [-0.25, -0.2) is 9.74 Å². The molecule has 232 valence electrons. The molecule has 2 amide bonds. The van der Waals surface area contributed by atoms with Crippen LogP contribution in [0.2, 0.25) is 0 Å². The number of benzene rings is 6. The Morgan fingerprint density at radius 3 is 1.90 bits per heavy atom. The molecule has 49 heavy (non-hydrogen) atoms. The van der Waals surface area contributed by atoms with E-state index in [2.05, 4.69) is 27.6 Å². The number of hydrogen-bond donors (Lipinski definition) is 0. The van der Waals surface area contributed by atoms with Crippen molar-refractivity contribution >= 4 is 45.0 Å². The maximum Gasteiger partial charge on any atom is 0.268 e. The zero-order valence-electron chi connectivity index (χ0n) is 27.1. The van der Waals surface area contributed by atoms with Gasteiger partial charge < -0.3 is 4.57 Å². The summed E-state index contributed by atoms with van der Waals surface area (Å²) >= 11 is 0. The van der Waals surface area contributed by atoms with Crippen molar-refractivity contribution in [3.05, 3.63) is 160 Å². The predicted octanol–water partition coefficient (Wildman–Crippen LogP) is 10.3. The largest absolute Gasteiger partial charge is 0.308 e. The summed E-state index contributed by atoms with van der Waals surface area (Å²) in [4.78, 5) is 33.7. The molecule has 6 nitrogen and oxygen atoms in total. The number of carbonyl (C=O) groups is 2. The van der Waals surface area contributed by atoms with Crippen LogP contribution >= 0.6 is 0 Å². The molecule has 0 aliphatic carbocycles. The standard InChI is InChI=1S/C43H28N4O2/c1-25-20-26(2)41(27(3)21-25)47-42(48)35-13-9-15-37(40(35)43(47)49)46-38-22-28(31-11-6-5-10-30(31)24-44)16-18-33(38)34-19-17-29(23-39(34)46)32-12-7-8-14-36(32)45-4/h5-23H,1-3H3. The number of aryl methyl sites for hydroxylation is 3. The second-order valence-electron chi connectivity index (χ2n) is 12.5. The molecule has 0 bridgehead atoms. The Hall–Kier alpha value is -6.76. The number of imide groups is 1. The summed E-state index contributed by atoms with van der Waals surface area (Å²) < 4.78 is 2.05. The van der Waals surface area contributed by atoms with Crippen molar-refractivity contribution < 1.29 is 9.59 Å². The molecule has 2 heterocycles. The fourth-order valence-electron chi connectivity index (χ4n) is 7.44. The molecule has 0 spiro atoms. The molecule has 0 fully saturated rings. The molecular formula is C43H28N4O2. The van der Waals surface area contributed by atoms with E-state index in [4.69, 9.17) is 6.57 Å². The predicted molar refractivity (Wildman–Crippen MR) is 194 cm³/mol. The number of para-hydroxylation sites is 1. The first-order chi connectivity index (χ1) is 23.8. The lowest BCUT2D eigenvalue weighted by atomic mass is 9.98. The smallest absolute Gasteiger partial charge is 0.268 e. The molecule has 0 saturated carbocycles. The summed E-state index contributed by atoms with van der Waals surface area (Å²) in [6, 6.07) is 38.9. The first-order valence-electron chi connectivity index (χ1n) is 16.0. The monoisotopic (exact) mass is 632 g/mol. The normalized spacial score (nSPS) is 12.4. The van der Waals surface area contributed by atoms with Crippen molar-refractivity contribution in [2.45, 2.75) is 20.8 Å². The Morgan fingerprint density at radius 2 is 1.24 bits per heavy atom. The third-order valence-corrected chi connectivity index (χ3v) is 9.45. The second-order valence-corrected chi connectivity index (χ2v) is 12.5. The maximum atomic E-state index is 14.6. The highest BCUT2D eigenvalue weighted by Gasteiger charge is 2.40. The molecule has 0 atom stereocenters. The minimum Gasteiger partial charge on any atom is -0.308 e. The molecule has 8 rings (SSSR count). The number of nitriles is 1. The van der Waals surface area contributed by atoms with Crippen LogP contribution in [0.15, 0.2) is 115 Å². The molecule has 0 saturated heterocycles. The zero-order valence-corrected chi connectivity index (χ0v) is 27.1. The van der Waals surface area contributed by atoms with Crippen molar-refractivity contribution in [2.75, 3.05) is 4.90 Å². The van der Waals surface area contributed by atoms with E-state index in [-0.39, 0.29) is 11.8 Å². The van der Waals surface area contributed by atoms with E-state index in [9.17, 15) is 14.9 Å². The van der Waals surface area contributed by atoms with Crippen LogP contribution in [0.5, 0.6) is 0 Å². The molecule has 6 heteroatoms. The van der Waals surface area contributed by atoms with Gasteiger partial charge in [0, 0.05) is 10.8 Å².